The van der Waals surface area contributed by atoms with Gasteiger partial charge in [-0.25, -0.2) is 0 Å². The molecule has 5 heteroatoms. The second-order valence-electron chi connectivity index (χ2n) is 4.92. The third kappa shape index (κ3) is 4.63. The van der Waals surface area contributed by atoms with Gasteiger partial charge in [0, 0.05) is 24.2 Å². The van der Waals surface area contributed by atoms with Gasteiger partial charge in [-0.3, -0.25) is 0 Å². The van der Waals surface area contributed by atoms with Crippen LogP contribution in [0.25, 0.3) is 0 Å². The molecule has 2 N–H and O–H groups in total. The molecule has 0 fully saturated rings. The average molecular weight is 322 g/mol. The Morgan fingerprint density at radius 1 is 1.05 bits per heavy atom. The van der Waals surface area contributed by atoms with Crippen molar-refractivity contribution >= 4 is 11.6 Å². The number of aliphatic hydroxyl groups is 1. The number of nitrogens with one attached hydrogen (secondary N) is 1. The Bertz CT molecular complexity index is 579. The Kier molecular flexibility index (Phi) is 6.07. The fraction of sp³-hybridized carbons (Fsp3) is 0.294. The molecule has 0 aliphatic carbocycles. The van der Waals surface area contributed by atoms with Crippen molar-refractivity contribution in [2.24, 2.45) is 0 Å². The van der Waals surface area contributed by atoms with Gasteiger partial charge < -0.3 is 19.9 Å². The maximum Gasteiger partial charge on any atom is 0.122 e. The van der Waals surface area contributed by atoms with Gasteiger partial charge in [0.05, 0.1) is 20.3 Å². The van der Waals surface area contributed by atoms with E-state index in [-0.39, 0.29) is 0 Å². The molecule has 0 amide bonds. The molecule has 0 saturated heterocycles. The van der Waals surface area contributed by atoms with Crippen LogP contribution in [0.5, 0.6) is 11.5 Å². The van der Waals surface area contributed by atoms with Crippen molar-refractivity contribution in [2.45, 2.75) is 12.6 Å². The molecule has 22 heavy (non-hydrogen) atoms. The topological polar surface area (TPSA) is 50.7 Å². The molecule has 2 aromatic rings. The molecule has 118 valence electrons. The van der Waals surface area contributed by atoms with E-state index >= 15 is 0 Å². The van der Waals surface area contributed by atoms with Gasteiger partial charge in [0.15, 0.2) is 0 Å². The fourth-order valence-electron chi connectivity index (χ4n) is 2.10. The lowest BCUT2D eigenvalue weighted by molar-refractivity contribution is 0.173. The van der Waals surface area contributed by atoms with Crippen molar-refractivity contribution in [1.29, 1.82) is 0 Å². The quantitative estimate of drug-likeness (QED) is 0.822. The molecule has 0 spiro atoms. The van der Waals surface area contributed by atoms with Gasteiger partial charge in [-0.2, -0.15) is 0 Å². The number of halogens is 1. The first kappa shape index (κ1) is 16.6. The summed E-state index contributed by atoms with van der Waals surface area (Å²) in [7, 11) is 3.17. The number of hydrogen-bond acceptors (Lipinski definition) is 4. The Labute approximate surface area is 135 Å². The van der Waals surface area contributed by atoms with Crippen LogP contribution in [-0.2, 0) is 6.54 Å². The molecule has 0 bridgehead atoms. The minimum absolute atomic E-state index is 0.430. The second-order valence-corrected chi connectivity index (χ2v) is 5.36. The van der Waals surface area contributed by atoms with E-state index in [0.717, 1.165) is 11.1 Å². The van der Waals surface area contributed by atoms with E-state index in [1.165, 1.54) is 0 Å². The summed E-state index contributed by atoms with van der Waals surface area (Å²) in [6, 6.07) is 13.0. The third-order valence-corrected chi connectivity index (χ3v) is 3.59. The van der Waals surface area contributed by atoms with E-state index in [0.29, 0.717) is 29.6 Å². The first-order valence-electron chi connectivity index (χ1n) is 6.98. The first-order valence-corrected chi connectivity index (χ1v) is 7.36. The number of hydrogen-bond donors (Lipinski definition) is 2. The summed E-state index contributed by atoms with van der Waals surface area (Å²) in [5.74, 6) is 1.32. The summed E-state index contributed by atoms with van der Waals surface area (Å²) >= 11 is 5.85. The van der Waals surface area contributed by atoms with Crippen LogP contribution >= 0.6 is 11.6 Å². The van der Waals surface area contributed by atoms with E-state index in [1.54, 1.807) is 32.4 Å². The number of ether oxygens (including phenoxy) is 2. The van der Waals surface area contributed by atoms with Gasteiger partial charge in [-0.1, -0.05) is 23.7 Å². The molecule has 0 aromatic heterocycles. The van der Waals surface area contributed by atoms with Crippen LogP contribution in [0.3, 0.4) is 0 Å². The largest absolute Gasteiger partial charge is 0.497 e. The smallest absolute Gasteiger partial charge is 0.122 e. The average Bonchev–Trinajstić information content (AvgIpc) is 2.56. The van der Waals surface area contributed by atoms with Crippen molar-refractivity contribution in [3.63, 3.8) is 0 Å². The van der Waals surface area contributed by atoms with E-state index in [1.807, 2.05) is 24.3 Å². The predicted molar refractivity (Wildman–Crippen MR) is 87.7 cm³/mol. The van der Waals surface area contributed by atoms with Gasteiger partial charge >= 0.3 is 0 Å². The lowest BCUT2D eigenvalue weighted by atomic mass is 10.1. The minimum Gasteiger partial charge on any atom is -0.497 e. The summed E-state index contributed by atoms with van der Waals surface area (Å²) in [5, 5.41) is 14.2. The summed E-state index contributed by atoms with van der Waals surface area (Å²) in [5.41, 5.74) is 1.86. The van der Waals surface area contributed by atoms with E-state index in [9.17, 15) is 5.11 Å². The minimum atomic E-state index is -0.642. The van der Waals surface area contributed by atoms with Crippen LogP contribution in [0.4, 0.5) is 0 Å². The highest BCUT2D eigenvalue weighted by atomic mass is 35.5. The number of rotatable bonds is 7. The van der Waals surface area contributed by atoms with Crippen molar-refractivity contribution in [3.05, 3.63) is 58.6 Å². The van der Waals surface area contributed by atoms with Crippen molar-refractivity contribution in [3.8, 4) is 11.5 Å². The summed E-state index contributed by atoms with van der Waals surface area (Å²) in [4.78, 5) is 0. The lowest BCUT2D eigenvalue weighted by Gasteiger charge is -2.15. The van der Waals surface area contributed by atoms with Gasteiger partial charge in [0.1, 0.15) is 11.5 Å². The highest BCUT2D eigenvalue weighted by molar-refractivity contribution is 6.30. The number of aliphatic hydroxyl groups excluding tert-OH is 1. The molecular weight excluding hydrogens is 302 g/mol. The molecule has 0 aliphatic heterocycles. The zero-order valence-electron chi connectivity index (χ0n) is 12.7. The lowest BCUT2D eigenvalue weighted by Crippen LogP contribution is -2.21. The summed E-state index contributed by atoms with van der Waals surface area (Å²) in [6.07, 6.45) is -0.642. The normalized spacial score (nSPS) is 12.0. The maximum atomic E-state index is 10.3. The maximum absolute atomic E-state index is 10.3. The third-order valence-electron chi connectivity index (χ3n) is 3.34. The van der Waals surface area contributed by atoms with Gasteiger partial charge in [-0.15, -0.1) is 0 Å². The van der Waals surface area contributed by atoms with Crippen molar-refractivity contribution in [1.82, 2.24) is 5.32 Å². The first-order chi connectivity index (χ1) is 10.6. The van der Waals surface area contributed by atoms with Crippen LogP contribution in [-0.4, -0.2) is 25.9 Å². The standard InChI is InChI=1S/C17H20ClNO3/c1-21-15-7-13(8-16(9-15)22-2)17(20)11-19-10-12-3-5-14(18)6-4-12/h3-9,17,19-20H,10-11H2,1-2H3. The zero-order valence-corrected chi connectivity index (χ0v) is 13.4. The van der Waals surface area contributed by atoms with Crippen LogP contribution in [0.2, 0.25) is 5.02 Å². The molecule has 0 saturated carbocycles. The zero-order chi connectivity index (χ0) is 15.9. The molecule has 4 nitrogen and oxygen atoms in total. The highest BCUT2D eigenvalue weighted by Crippen LogP contribution is 2.26. The van der Waals surface area contributed by atoms with Crippen molar-refractivity contribution < 1.29 is 14.6 Å². The monoisotopic (exact) mass is 321 g/mol. The van der Waals surface area contributed by atoms with Crippen LogP contribution in [0.1, 0.15) is 17.2 Å². The summed E-state index contributed by atoms with van der Waals surface area (Å²) < 4.78 is 10.4. The Balaban J connectivity index is 1.94. The Hall–Kier alpha value is -1.75. The molecule has 0 aliphatic rings. The van der Waals surface area contributed by atoms with Crippen LogP contribution in [0.15, 0.2) is 42.5 Å². The molecule has 0 radical (unpaired) electrons. The number of benzene rings is 2. The Morgan fingerprint density at radius 3 is 2.18 bits per heavy atom. The molecular formula is C17H20ClNO3. The SMILES string of the molecule is COc1cc(OC)cc(C(O)CNCc2ccc(Cl)cc2)c1. The van der Waals surface area contributed by atoms with E-state index in [4.69, 9.17) is 21.1 Å². The van der Waals surface area contributed by atoms with Crippen LogP contribution in [0, 0.1) is 0 Å². The highest BCUT2D eigenvalue weighted by Gasteiger charge is 2.10. The van der Waals surface area contributed by atoms with E-state index < -0.39 is 6.10 Å². The number of methoxy groups -OCH3 is 2. The van der Waals surface area contributed by atoms with Gasteiger partial charge in [0.25, 0.3) is 0 Å². The fourth-order valence-corrected chi connectivity index (χ4v) is 2.22. The molecule has 2 aromatic carbocycles. The molecule has 2 rings (SSSR count). The predicted octanol–water partition coefficient (Wildman–Crippen LogP) is 3.18. The van der Waals surface area contributed by atoms with Crippen LogP contribution < -0.4 is 14.8 Å². The van der Waals surface area contributed by atoms with Gasteiger partial charge in [0.2, 0.25) is 0 Å². The van der Waals surface area contributed by atoms with Crippen molar-refractivity contribution in [2.75, 3.05) is 20.8 Å². The summed E-state index contributed by atoms with van der Waals surface area (Å²) in [6.45, 7) is 1.09. The van der Waals surface area contributed by atoms with E-state index in [2.05, 4.69) is 5.32 Å². The molecule has 1 unspecified atom stereocenters. The van der Waals surface area contributed by atoms with Gasteiger partial charge in [-0.05, 0) is 35.4 Å². The molecule has 1 atom stereocenters. The Morgan fingerprint density at radius 2 is 1.64 bits per heavy atom. The second kappa shape index (κ2) is 8.03. The molecule has 0 heterocycles.